The topological polar surface area (TPSA) is 68.0 Å². The number of halogens is 1. The van der Waals surface area contributed by atoms with Crippen LogP contribution in [0.5, 0.6) is 0 Å². The fourth-order valence-corrected chi connectivity index (χ4v) is 1.28. The molecule has 0 spiro atoms. The lowest BCUT2D eigenvalue weighted by atomic mass is 9.99. The summed E-state index contributed by atoms with van der Waals surface area (Å²) >= 11 is 5.68. The standard InChI is InChI=1S/C11H16ClN3O/c1-3-7(2)10(13)11(16)15-9-5-4-8(12)6-14-9/h4-7,10H,3,13H2,1-2H3,(H,14,15,16)/t7?,10-/m0/s1. The zero-order valence-electron chi connectivity index (χ0n) is 9.40. The summed E-state index contributed by atoms with van der Waals surface area (Å²) in [4.78, 5) is 15.7. The van der Waals surface area contributed by atoms with Crippen molar-refractivity contribution in [2.45, 2.75) is 26.3 Å². The van der Waals surface area contributed by atoms with E-state index in [4.69, 9.17) is 17.3 Å². The molecule has 0 aliphatic carbocycles. The van der Waals surface area contributed by atoms with Crippen molar-refractivity contribution in [2.24, 2.45) is 11.7 Å². The summed E-state index contributed by atoms with van der Waals surface area (Å²) in [7, 11) is 0. The van der Waals surface area contributed by atoms with Gasteiger partial charge in [-0.15, -0.1) is 0 Å². The summed E-state index contributed by atoms with van der Waals surface area (Å²) in [5.41, 5.74) is 5.78. The summed E-state index contributed by atoms with van der Waals surface area (Å²) < 4.78 is 0. The summed E-state index contributed by atoms with van der Waals surface area (Å²) in [5.74, 6) is 0.393. The van der Waals surface area contributed by atoms with Gasteiger partial charge in [0.2, 0.25) is 5.91 Å². The van der Waals surface area contributed by atoms with Gasteiger partial charge >= 0.3 is 0 Å². The number of carbonyl (C=O) groups excluding carboxylic acids is 1. The molecule has 4 nitrogen and oxygen atoms in total. The van der Waals surface area contributed by atoms with Crippen LogP contribution in [-0.4, -0.2) is 16.9 Å². The summed E-state index contributed by atoms with van der Waals surface area (Å²) in [6.45, 7) is 3.94. The van der Waals surface area contributed by atoms with Gasteiger partial charge < -0.3 is 11.1 Å². The highest BCUT2D eigenvalue weighted by atomic mass is 35.5. The summed E-state index contributed by atoms with van der Waals surface area (Å²) in [5, 5.41) is 3.18. The van der Waals surface area contributed by atoms with E-state index < -0.39 is 6.04 Å². The smallest absolute Gasteiger partial charge is 0.242 e. The molecule has 1 unspecified atom stereocenters. The molecular weight excluding hydrogens is 226 g/mol. The number of rotatable bonds is 4. The normalized spacial score (nSPS) is 14.2. The lowest BCUT2D eigenvalue weighted by Gasteiger charge is -2.17. The monoisotopic (exact) mass is 241 g/mol. The Labute approximate surface area is 100 Å². The third-order valence-electron chi connectivity index (χ3n) is 2.54. The number of nitrogens with zero attached hydrogens (tertiary/aromatic N) is 1. The Kier molecular flexibility index (Phi) is 4.71. The Morgan fingerprint density at radius 2 is 2.31 bits per heavy atom. The maximum atomic E-state index is 11.7. The van der Waals surface area contributed by atoms with Crippen LogP contribution in [0.2, 0.25) is 5.02 Å². The van der Waals surface area contributed by atoms with Gasteiger partial charge in [0.15, 0.2) is 0 Å². The number of amides is 1. The number of anilines is 1. The van der Waals surface area contributed by atoms with Gasteiger partial charge in [-0.3, -0.25) is 4.79 Å². The minimum Gasteiger partial charge on any atom is -0.320 e. The second kappa shape index (κ2) is 5.82. The molecule has 0 fully saturated rings. The average molecular weight is 242 g/mol. The Balaban J connectivity index is 2.60. The average Bonchev–Trinajstić information content (AvgIpc) is 2.30. The van der Waals surface area contributed by atoms with Crippen molar-refractivity contribution in [1.29, 1.82) is 0 Å². The molecule has 0 radical (unpaired) electrons. The molecular formula is C11H16ClN3O. The van der Waals surface area contributed by atoms with Gasteiger partial charge in [0.25, 0.3) is 0 Å². The molecule has 0 bridgehead atoms. The van der Waals surface area contributed by atoms with Crippen molar-refractivity contribution in [3.63, 3.8) is 0 Å². The zero-order chi connectivity index (χ0) is 12.1. The van der Waals surface area contributed by atoms with Gasteiger partial charge in [-0.2, -0.15) is 0 Å². The third kappa shape index (κ3) is 3.47. The van der Waals surface area contributed by atoms with E-state index in [2.05, 4.69) is 10.3 Å². The highest BCUT2D eigenvalue weighted by Crippen LogP contribution is 2.11. The van der Waals surface area contributed by atoms with Crippen molar-refractivity contribution in [3.8, 4) is 0 Å². The number of nitrogens with two attached hydrogens (primary N) is 1. The van der Waals surface area contributed by atoms with Crippen LogP contribution >= 0.6 is 11.6 Å². The third-order valence-corrected chi connectivity index (χ3v) is 2.76. The van der Waals surface area contributed by atoms with E-state index >= 15 is 0 Å². The molecule has 1 amide bonds. The van der Waals surface area contributed by atoms with Crippen molar-refractivity contribution in [3.05, 3.63) is 23.4 Å². The fraction of sp³-hybridized carbons (Fsp3) is 0.455. The molecule has 2 atom stereocenters. The van der Waals surface area contributed by atoms with Crippen LogP contribution in [0.15, 0.2) is 18.3 Å². The van der Waals surface area contributed by atoms with Crippen LogP contribution in [-0.2, 0) is 4.79 Å². The number of nitrogens with one attached hydrogen (secondary N) is 1. The van der Waals surface area contributed by atoms with Gasteiger partial charge in [-0.05, 0) is 18.1 Å². The lowest BCUT2D eigenvalue weighted by Crippen LogP contribution is -2.40. The van der Waals surface area contributed by atoms with Crippen molar-refractivity contribution in [1.82, 2.24) is 4.98 Å². The van der Waals surface area contributed by atoms with E-state index in [1.54, 1.807) is 12.1 Å². The van der Waals surface area contributed by atoms with E-state index in [1.165, 1.54) is 6.20 Å². The van der Waals surface area contributed by atoms with E-state index in [-0.39, 0.29) is 11.8 Å². The molecule has 3 N–H and O–H groups in total. The number of carbonyl (C=O) groups is 1. The highest BCUT2D eigenvalue weighted by Gasteiger charge is 2.19. The van der Waals surface area contributed by atoms with Gasteiger partial charge in [-0.25, -0.2) is 4.98 Å². The van der Waals surface area contributed by atoms with Crippen LogP contribution in [0.25, 0.3) is 0 Å². The quantitative estimate of drug-likeness (QED) is 0.848. The predicted octanol–water partition coefficient (Wildman–Crippen LogP) is 2.05. The maximum Gasteiger partial charge on any atom is 0.242 e. The molecule has 1 aromatic rings. The lowest BCUT2D eigenvalue weighted by molar-refractivity contribution is -0.118. The molecule has 0 aromatic carbocycles. The Morgan fingerprint density at radius 3 is 2.81 bits per heavy atom. The van der Waals surface area contributed by atoms with Gasteiger partial charge in [0.05, 0.1) is 11.1 Å². The molecule has 1 heterocycles. The SMILES string of the molecule is CCC(C)[C@H](N)C(=O)Nc1ccc(Cl)cn1. The highest BCUT2D eigenvalue weighted by molar-refractivity contribution is 6.30. The Hall–Kier alpha value is -1.13. The molecule has 0 saturated carbocycles. The van der Waals surface area contributed by atoms with E-state index in [9.17, 15) is 4.79 Å². The van der Waals surface area contributed by atoms with E-state index in [0.717, 1.165) is 6.42 Å². The molecule has 0 aliphatic heterocycles. The predicted molar refractivity (Wildman–Crippen MR) is 65.3 cm³/mol. The van der Waals surface area contributed by atoms with Gasteiger partial charge in [0.1, 0.15) is 5.82 Å². The van der Waals surface area contributed by atoms with E-state index in [1.807, 2.05) is 13.8 Å². The van der Waals surface area contributed by atoms with Gasteiger partial charge in [0, 0.05) is 6.20 Å². The summed E-state index contributed by atoms with van der Waals surface area (Å²) in [6.07, 6.45) is 2.34. The van der Waals surface area contributed by atoms with Crippen LogP contribution in [0.3, 0.4) is 0 Å². The van der Waals surface area contributed by atoms with Gasteiger partial charge in [-0.1, -0.05) is 31.9 Å². The van der Waals surface area contributed by atoms with Crippen LogP contribution < -0.4 is 11.1 Å². The Bertz CT molecular complexity index is 353. The molecule has 0 aliphatic rings. The molecule has 16 heavy (non-hydrogen) atoms. The minimum absolute atomic E-state index is 0.146. The second-order valence-electron chi connectivity index (χ2n) is 3.76. The molecule has 88 valence electrons. The number of hydrogen-bond donors (Lipinski definition) is 2. The maximum absolute atomic E-state index is 11.7. The van der Waals surface area contributed by atoms with Crippen molar-refractivity contribution in [2.75, 3.05) is 5.32 Å². The fourth-order valence-electron chi connectivity index (χ4n) is 1.17. The number of aromatic nitrogens is 1. The number of hydrogen-bond acceptors (Lipinski definition) is 3. The first kappa shape index (κ1) is 12.9. The first-order valence-corrected chi connectivity index (χ1v) is 5.60. The first-order chi connectivity index (χ1) is 7.54. The molecule has 5 heteroatoms. The second-order valence-corrected chi connectivity index (χ2v) is 4.20. The largest absolute Gasteiger partial charge is 0.320 e. The minimum atomic E-state index is -0.512. The zero-order valence-corrected chi connectivity index (χ0v) is 10.2. The van der Waals surface area contributed by atoms with Crippen LogP contribution in [0.4, 0.5) is 5.82 Å². The first-order valence-electron chi connectivity index (χ1n) is 5.22. The molecule has 1 rings (SSSR count). The van der Waals surface area contributed by atoms with Crippen LogP contribution in [0.1, 0.15) is 20.3 Å². The Morgan fingerprint density at radius 1 is 1.62 bits per heavy atom. The van der Waals surface area contributed by atoms with Crippen molar-refractivity contribution < 1.29 is 4.79 Å². The summed E-state index contributed by atoms with van der Waals surface area (Å²) in [6, 6.07) is 2.80. The molecule has 1 aromatic heterocycles. The van der Waals surface area contributed by atoms with E-state index in [0.29, 0.717) is 10.8 Å². The number of pyridine rings is 1. The van der Waals surface area contributed by atoms with Crippen LogP contribution in [0, 0.1) is 5.92 Å². The van der Waals surface area contributed by atoms with Crippen molar-refractivity contribution >= 4 is 23.3 Å². The molecule has 0 saturated heterocycles.